The first-order valence-corrected chi connectivity index (χ1v) is 11.2. The predicted octanol–water partition coefficient (Wildman–Crippen LogP) is 5.93. The maximum Gasteiger partial charge on any atom is 0.304 e. The Balaban J connectivity index is 0.00000137. The Labute approximate surface area is 203 Å². The van der Waals surface area contributed by atoms with E-state index in [0.717, 1.165) is 35.1 Å². The highest BCUT2D eigenvalue weighted by Gasteiger charge is 2.13. The van der Waals surface area contributed by atoms with E-state index in [0.29, 0.717) is 12.3 Å². The van der Waals surface area contributed by atoms with Crippen molar-refractivity contribution in [2.45, 2.75) is 39.7 Å². The van der Waals surface area contributed by atoms with Gasteiger partial charge in [0, 0.05) is 24.9 Å². The fraction of sp³-hybridized carbons (Fsp3) is 0.241. The van der Waals surface area contributed by atoms with Crippen LogP contribution in [0.15, 0.2) is 78.9 Å². The summed E-state index contributed by atoms with van der Waals surface area (Å²) in [5.74, 6) is 4.62. The average molecular weight is 459 g/mol. The van der Waals surface area contributed by atoms with E-state index in [2.05, 4.69) is 17.2 Å². The van der Waals surface area contributed by atoms with Crippen LogP contribution in [0.2, 0.25) is 0 Å². The first-order valence-electron chi connectivity index (χ1n) is 11.2. The molecule has 5 nitrogen and oxygen atoms in total. The van der Waals surface area contributed by atoms with E-state index >= 15 is 0 Å². The summed E-state index contributed by atoms with van der Waals surface area (Å²) in [6, 6.07) is 25.4. The van der Waals surface area contributed by atoms with Crippen molar-refractivity contribution in [3.05, 3.63) is 101 Å². The predicted molar refractivity (Wildman–Crippen MR) is 141 cm³/mol. The van der Waals surface area contributed by atoms with E-state index in [1.165, 1.54) is 0 Å². The quantitative estimate of drug-likeness (QED) is 0.249. The second-order valence-electron chi connectivity index (χ2n) is 6.96. The summed E-state index contributed by atoms with van der Waals surface area (Å²) in [4.78, 5) is 11.1. The number of hydrogen-bond acceptors (Lipinski definition) is 4. The van der Waals surface area contributed by atoms with Crippen molar-refractivity contribution in [1.82, 2.24) is 0 Å². The molecule has 3 rings (SSSR count). The molecule has 0 bridgehead atoms. The highest BCUT2D eigenvalue weighted by Crippen LogP contribution is 2.22. The third-order valence-electron chi connectivity index (χ3n) is 4.79. The van der Waals surface area contributed by atoms with Crippen LogP contribution < -0.4 is 5.32 Å². The molecule has 0 radical (unpaired) electrons. The van der Waals surface area contributed by atoms with Crippen LogP contribution in [0.3, 0.4) is 0 Å². The molecule has 1 unspecified atom stereocenters. The van der Waals surface area contributed by atoms with Crippen molar-refractivity contribution in [1.29, 1.82) is 5.41 Å². The molecule has 0 saturated heterocycles. The van der Waals surface area contributed by atoms with Crippen LogP contribution in [0.1, 0.15) is 55.4 Å². The van der Waals surface area contributed by atoms with E-state index < -0.39 is 5.97 Å². The number of carboxylic acids is 1. The van der Waals surface area contributed by atoms with Gasteiger partial charge in [-0.2, -0.15) is 0 Å². The molecule has 0 spiro atoms. The third-order valence-corrected chi connectivity index (χ3v) is 4.79. The summed E-state index contributed by atoms with van der Waals surface area (Å²) in [5.41, 5.74) is 5.20. The van der Waals surface area contributed by atoms with Gasteiger partial charge in [0.15, 0.2) is 0 Å². The second-order valence-corrected chi connectivity index (χ2v) is 6.96. The molecular formula is C29H34N2O3. The van der Waals surface area contributed by atoms with Crippen LogP contribution in [0.25, 0.3) is 0 Å². The molecule has 0 fully saturated rings. The van der Waals surface area contributed by atoms with Crippen molar-refractivity contribution in [2.24, 2.45) is 0 Å². The number of aliphatic carboxylic acids is 1. The minimum Gasteiger partial charge on any atom is -0.481 e. The number of carbonyl (C=O) groups is 1. The van der Waals surface area contributed by atoms with Gasteiger partial charge >= 0.3 is 5.97 Å². The molecule has 34 heavy (non-hydrogen) atoms. The zero-order valence-corrected chi connectivity index (χ0v) is 20.3. The van der Waals surface area contributed by atoms with Crippen LogP contribution in [0, 0.1) is 17.3 Å². The first-order chi connectivity index (χ1) is 16.6. The highest BCUT2D eigenvalue weighted by molar-refractivity contribution is 6.10. The molecule has 0 aliphatic rings. The van der Waals surface area contributed by atoms with Crippen LogP contribution in [-0.4, -0.2) is 29.0 Å². The maximum atomic E-state index is 11.1. The van der Waals surface area contributed by atoms with E-state index in [1.54, 1.807) is 6.92 Å². The smallest absolute Gasteiger partial charge is 0.304 e. The van der Waals surface area contributed by atoms with Crippen LogP contribution in [0.4, 0.5) is 5.69 Å². The van der Waals surface area contributed by atoms with Crippen molar-refractivity contribution in [3.8, 4) is 11.8 Å². The van der Waals surface area contributed by atoms with Crippen molar-refractivity contribution in [2.75, 3.05) is 12.4 Å². The Morgan fingerprint density at radius 3 is 2.15 bits per heavy atom. The van der Waals surface area contributed by atoms with Gasteiger partial charge in [-0.1, -0.05) is 80.4 Å². The summed E-state index contributed by atoms with van der Waals surface area (Å²) in [5, 5.41) is 27.9. The minimum atomic E-state index is -0.856. The fourth-order valence-corrected chi connectivity index (χ4v) is 3.25. The summed E-state index contributed by atoms with van der Waals surface area (Å²) >= 11 is 0. The number of carboxylic acid groups (broad SMARTS) is 1. The summed E-state index contributed by atoms with van der Waals surface area (Å²) in [7, 11) is 1.00. The van der Waals surface area contributed by atoms with Gasteiger partial charge in [0.25, 0.3) is 0 Å². The summed E-state index contributed by atoms with van der Waals surface area (Å²) < 4.78 is 0. The molecule has 0 heterocycles. The molecule has 3 aromatic carbocycles. The lowest BCUT2D eigenvalue weighted by atomic mass is 9.96. The summed E-state index contributed by atoms with van der Waals surface area (Å²) in [6.07, 6.45) is -0.00617. The third kappa shape index (κ3) is 8.93. The van der Waals surface area contributed by atoms with Crippen LogP contribution >= 0.6 is 0 Å². The van der Waals surface area contributed by atoms with E-state index in [9.17, 15) is 4.79 Å². The van der Waals surface area contributed by atoms with Crippen LogP contribution in [-0.2, 0) is 11.3 Å². The second kappa shape index (κ2) is 15.8. The lowest BCUT2D eigenvalue weighted by molar-refractivity contribution is -0.137. The van der Waals surface area contributed by atoms with Gasteiger partial charge in [-0.3, -0.25) is 10.2 Å². The zero-order valence-electron chi connectivity index (χ0n) is 20.3. The Bertz CT molecular complexity index is 1080. The monoisotopic (exact) mass is 458 g/mol. The van der Waals surface area contributed by atoms with Gasteiger partial charge in [-0.25, -0.2) is 0 Å². The normalized spacial score (nSPS) is 10.1. The number of benzene rings is 3. The van der Waals surface area contributed by atoms with Gasteiger partial charge in [0.2, 0.25) is 0 Å². The first kappa shape index (κ1) is 28.2. The van der Waals surface area contributed by atoms with Gasteiger partial charge in [0.1, 0.15) is 0 Å². The molecule has 0 amide bonds. The van der Waals surface area contributed by atoms with Crippen molar-refractivity contribution in [3.63, 3.8) is 0 Å². The maximum absolute atomic E-state index is 11.1. The Morgan fingerprint density at radius 1 is 0.941 bits per heavy atom. The van der Waals surface area contributed by atoms with Crippen molar-refractivity contribution >= 4 is 17.4 Å². The zero-order chi connectivity index (χ0) is 25.3. The highest BCUT2D eigenvalue weighted by atomic mass is 16.4. The standard InChI is InChI=1S/C26H24N2O2.C2H6.CH4O/c1-2-7-22(17-25(29)30)20-12-14-24(15-13-20)28-18-19-8-6-11-23(16-19)26(27)21-9-4-3-5-10-21;2*1-2/h3-6,8-16,22,27-28H,17-18H2,1H3,(H,29,30);1-2H3;2H,1H3. The van der Waals surface area contributed by atoms with Gasteiger partial charge < -0.3 is 15.5 Å². The Morgan fingerprint density at radius 2 is 1.56 bits per heavy atom. The largest absolute Gasteiger partial charge is 0.481 e. The molecule has 5 heteroatoms. The lowest BCUT2D eigenvalue weighted by Gasteiger charge is -2.12. The molecule has 0 saturated carbocycles. The Hall–Kier alpha value is -3.88. The molecule has 178 valence electrons. The van der Waals surface area contributed by atoms with Gasteiger partial charge in [0.05, 0.1) is 18.1 Å². The lowest BCUT2D eigenvalue weighted by Crippen LogP contribution is -2.06. The van der Waals surface area contributed by atoms with Gasteiger partial charge in [-0.05, 0) is 41.8 Å². The SMILES string of the molecule is CC.CC#CC(CC(=O)O)c1ccc(NCc2cccc(C(=N)c3ccccc3)c2)cc1.CO. The topological polar surface area (TPSA) is 93.4 Å². The minimum absolute atomic E-state index is 0.00617. The van der Waals surface area contributed by atoms with E-state index in [4.69, 9.17) is 15.6 Å². The molecule has 0 aliphatic heterocycles. The number of rotatable bonds is 8. The van der Waals surface area contributed by atoms with E-state index in [-0.39, 0.29) is 12.3 Å². The number of hydrogen-bond donors (Lipinski definition) is 4. The molecule has 3 aromatic rings. The Kier molecular flexibility index (Phi) is 13.1. The van der Waals surface area contributed by atoms with Crippen LogP contribution in [0.5, 0.6) is 0 Å². The summed E-state index contributed by atoms with van der Waals surface area (Å²) in [6.45, 7) is 6.35. The molecule has 1 atom stereocenters. The molecule has 0 aromatic heterocycles. The molecule has 4 N–H and O–H groups in total. The number of anilines is 1. The fourth-order valence-electron chi connectivity index (χ4n) is 3.25. The number of aliphatic hydroxyl groups is 1. The van der Waals surface area contributed by atoms with Gasteiger partial charge in [-0.15, -0.1) is 5.92 Å². The van der Waals surface area contributed by atoms with E-state index in [1.807, 2.05) is 92.7 Å². The average Bonchev–Trinajstić information content (AvgIpc) is 2.90. The number of aliphatic hydroxyl groups excluding tert-OH is 1. The molecule has 0 aliphatic carbocycles. The number of nitrogens with one attached hydrogen (secondary N) is 2. The van der Waals surface area contributed by atoms with Crippen molar-refractivity contribution < 1.29 is 15.0 Å². The molecular weight excluding hydrogens is 424 g/mol.